The number of nitro benzene ring substituents is 1. The van der Waals surface area contributed by atoms with Gasteiger partial charge in [-0.15, -0.1) is 0 Å². The second kappa shape index (κ2) is 6.62. The number of alkyl halides is 3. The van der Waals surface area contributed by atoms with E-state index in [1.165, 1.54) is 29.3 Å². The summed E-state index contributed by atoms with van der Waals surface area (Å²) in [6.07, 6.45) is -4.03. The summed E-state index contributed by atoms with van der Waals surface area (Å²) in [4.78, 5) is 27.4. The largest absolute Gasteiger partial charge is 0.470 e. The van der Waals surface area contributed by atoms with Crippen LogP contribution in [0.2, 0.25) is 0 Å². The third-order valence-electron chi connectivity index (χ3n) is 3.79. The summed E-state index contributed by atoms with van der Waals surface area (Å²) in [6, 6.07) is 7.27. The SMILES string of the molecule is O=C(c1cccc([N+](=O)[O-])c1)N1CC(Oc2ncccc2C(F)(F)F)C1. The third-order valence-corrected chi connectivity index (χ3v) is 3.79. The van der Waals surface area contributed by atoms with Crippen LogP contribution in [0, 0.1) is 10.1 Å². The molecule has 0 saturated carbocycles. The standard InChI is InChI=1S/C16H12F3N3O4/c17-16(18,19)13-5-2-6-20-14(13)26-12-8-21(9-12)15(23)10-3-1-4-11(7-10)22(24)25/h1-7,12H,8-9H2. The van der Waals surface area contributed by atoms with Crippen molar-refractivity contribution in [3.05, 3.63) is 63.8 Å². The van der Waals surface area contributed by atoms with E-state index in [2.05, 4.69) is 4.98 Å². The predicted molar refractivity (Wildman–Crippen MR) is 82.7 cm³/mol. The lowest BCUT2D eigenvalue weighted by Gasteiger charge is -2.38. The maximum atomic E-state index is 12.9. The van der Waals surface area contributed by atoms with Gasteiger partial charge >= 0.3 is 6.18 Å². The molecule has 0 spiro atoms. The maximum Gasteiger partial charge on any atom is 0.421 e. The Morgan fingerprint density at radius 1 is 1.27 bits per heavy atom. The minimum Gasteiger partial charge on any atom is -0.470 e. The molecule has 10 heteroatoms. The Morgan fingerprint density at radius 2 is 2.00 bits per heavy atom. The van der Waals surface area contributed by atoms with Crippen molar-refractivity contribution in [2.45, 2.75) is 12.3 Å². The number of likely N-dealkylation sites (tertiary alicyclic amines) is 1. The quantitative estimate of drug-likeness (QED) is 0.613. The van der Waals surface area contributed by atoms with E-state index in [0.29, 0.717) is 0 Å². The Hall–Kier alpha value is -3.17. The van der Waals surface area contributed by atoms with Gasteiger partial charge in [-0.1, -0.05) is 6.07 Å². The third kappa shape index (κ3) is 3.58. The van der Waals surface area contributed by atoms with Gasteiger partial charge in [0.2, 0.25) is 5.88 Å². The van der Waals surface area contributed by atoms with Crippen molar-refractivity contribution < 1.29 is 27.6 Å². The van der Waals surface area contributed by atoms with Crippen molar-refractivity contribution in [1.82, 2.24) is 9.88 Å². The molecule has 0 radical (unpaired) electrons. The lowest BCUT2D eigenvalue weighted by atomic mass is 10.1. The molecule has 1 aliphatic heterocycles. The highest BCUT2D eigenvalue weighted by Gasteiger charge is 2.38. The van der Waals surface area contributed by atoms with E-state index in [-0.39, 0.29) is 24.3 Å². The van der Waals surface area contributed by atoms with E-state index in [1.807, 2.05) is 0 Å². The average Bonchev–Trinajstić information content (AvgIpc) is 2.56. The van der Waals surface area contributed by atoms with E-state index in [0.717, 1.165) is 18.2 Å². The van der Waals surface area contributed by atoms with E-state index < -0.39 is 34.6 Å². The zero-order valence-electron chi connectivity index (χ0n) is 13.1. The Labute approximate surface area is 145 Å². The lowest BCUT2D eigenvalue weighted by Crippen LogP contribution is -2.56. The number of carbonyl (C=O) groups is 1. The summed E-state index contributed by atoms with van der Waals surface area (Å²) >= 11 is 0. The van der Waals surface area contributed by atoms with Crippen molar-refractivity contribution in [3.63, 3.8) is 0 Å². The maximum absolute atomic E-state index is 12.9. The number of benzene rings is 1. The first-order valence-electron chi connectivity index (χ1n) is 7.48. The Balaban J connectivity index is 1.64. The fraction of sp³-hybridized carbons (Fsp3) is 0.250. The molecule has 1 amide bonds. The first kappa shape index (κ1) is 17.6. The number of ether oxygens (including phenoxy) is 1. The van der Waals surface area contributed by atoms with Gasteiger partial charge in [0.1, 0.15) is 11.7 Å². The van der Waals surface area contributed by atoms with Crippen molar-refractivity contribution in [2.75, 3.05) is 13.1 Å². The van der Waals surface area contributed by atoms with E-state index in [9.17, 15) is 28.1 Å². The first-order valence-corrected chi connectivity index (χ1v) is 7.48. The van der Waals surface area contributed by atoms with Crippen LogP contribution in [0.15, 0.2) is 42.6 Å². The second-order valence-electron chi connectivity index (χ2n) is 5.61. The molecule has 1 saturated heterocycles. The van der Waals surface area contributed by atoms with Gasteiger partial charge in [0, 0.05) is 23.9 Å². The fourth-order valence-corrected chi connectivity index (χ4v) is 2.47. The molecule has 0 N–H and O–H groups in total. The summed E-state index contributed by atoms with van der Waals surface area (Å²) in [7, 11) is 0. The number of amides is 1. The van der Waals surface area contributed by atoms with Gasteiger partial charge in [0.25, 0.3) is 11.6 Å². The summed E-state index contributed by atoms with van der Waals surface area (Å²) in [5.74, 6) is -0.988. The molecule has 0 aliphatic carbocycles. The van der Waals surface area contributed by atoms with Crippen LogP contribution in [-0.4, -0.2) is 39.9 Å². The van der Waals surface area contributed by atoms with Crippen LogP contribution >= 0.6 is 0 Å². The molecular formula is C16H12F3N3O4. The van der Waals surface area contributed by atoms with E-state index in [1.54, 1.807) is 0 Å². The van der Waals surface area contributed by atoms with Crippen LogP contribution in [0.1, 0.15) is 15.9 Å². The van der Waals surface area contributed by atoms with Crippen LogP contribution in [0.5, 0.6) is 5.88 Å². The molecule has 136 valence electrons. The topological polar surface area (TPSA) is 85.6 Å². The van der Waals surface area contributed by atoms with Gasteiger partial charge in [-0.2, -0.15) is 13.2 Å². The molecular weight excluding hydrogens is 355 g/mol. The van der Waals surface area contributed by atoms with Crippen molar-refractivity contribution in [2.24, 2.45) is 0 Å². The highest BCUT2D eigenvalue weighted by Crippen LogP contribution is 2.35. The Kier molecular flexibility index (Phi) is 4.49. The molecule has 26 heavy (non-hydrogen) atoms. The average molecular weight is 367 g/mol. The van der Waals surface area contributed by atoms with Crippen LogP contribution < -0.4 is 4.74 Å². The highest BCUT2D eigenvalue weighted by atomic mass is 19.4. The summed E-state index contributed by atoms with van der Waals surface area (Å²) in [6.45, 7) is 0.130. The Bertz CT molecular complexity index is 851. The summed E-state index contributed by atoms with van der Waals surface area (Å²) in [5, 5.41) is 10.8. The number of non-ortho nitro benzene ring substituents is 1. The smallest absolute Gasteiger partial charge is 0.421 e. The number of rotatable bonds is 4. The van der Waals surface area contributed by atoms with Crippen molar-refractivity contribution in [1.29, 1.82) is 0 Å². The fourth-order valence-electron chi connectivity index (χ4n) is 2.47. The van der Waals surface area contributed by atoms with Crippen LogP contribution in [0.4, 0.5) is 18.9 Å². The molecule has 2 heterocycles. The van der Waals surface area contributed by atoms with E-state index in [4.69, 9.17) is 4.74 Å². The van der Waals surface area contributed by atoms with Gasteiger partial charge in [0.15, 0.2) is 0 Å². The number of nitro groups is 1. The lowest BCUT2D eigenvalue weighted by molar-refractivity contribution is -0.384. The Morgan fingerprint density at radius 3 is 2.65 bits per heavy atom. The molecule has 0 unspecified atom stereocenters. The number of aromatic nitrogens is 1. The minimum absolute atomic E-state index is 0.0649. The molecule has 1 aliphatic rings. The van der Waals surface area contributed by atoms with Crippen LogP contribution in [0.25, 0.3) is 0 Å². The van der Waals surface area contributed by atoms with Crippen molar-refractivity contribution >= 4 is 11.6 Å². The number of nitrogens with zero attached hydrogens (tertiary/aromatic N) is 3. The molecule has 1 fully saturated rings. The molecule has 1 aromatic heterocycles. The molecule has 0 atom stereocenters. The summed E-state index contributed by atoms with van der Waals surface area (Å²) in [5.41, 5.74) is -1.07. The number of carbonyl (C=O) groups excluding carboxylic acids is 1. The normalized spacial score (nSPS) is 14.7. The van der Waals surface area contributed by atoms with E-state index >= 15 is 0 Å². The second-order valence-corrected chi connectivity index (χ2v) is 5.61. The summed E-state index contributed by atoms with van der Waals surface area (Å²) < 4.78 is 44.0. The van der Waals surface area contributed by atoms with Gasteiger partial charge in [-0.25, -0.2) is 4.98 Å². The number of halogens is 3. The van der Waals surface area contributed by atoms with Crippen LogP contribution in [-0.2, 0) is 6.18 Å². The predicted octanol–water partition coefficient (Wildman–Crippen LogP) is 2.91. The zero-order valence-corrected chi connectivity index (χ0v) is 13.1. The van der Waals surface area contributed by atoms with Gasteiger partial charge < -0.3 is 9.64 Å². The van der Waals surface area contributed by atoms with Gasteiger partial charge in [-0.3, -0.25) is 14.9 Å². The zero-order chi connectivity index (χ0) is 18.9. The number of pyridine rings is 1. The molecule has 7 nitrogen and oxygen atoms in total. The molecule has 2 aromatic rings. The van der Waals surface area contributed by atoms with Gasteiger partial charge in [-0.05, 0) is 18.2 Å². The monoisotopic (exact) mass is 367 g/mol. The molecule has 0 bridgehead atoms. The minimum atomic E-state index is -4.59. The molecule has 3 rings (SSSR count). The highest BCUT2D eigenvalue weighted by molar-refractivity contribution is 5.95. The van der Waals surface area contributed by atoms with Crippen molar-refractivity contribution in [3.8, 4) is 5.88 Å². The first-order chi connectivity index (χ1) is 12.3. The number of hydrogen-bond acceptors (Lipinski definition) is 5. The number of hydrogen-bond donors (Lipinski definition) is 0. The van der Waals surface area contributed by atoms with Crippen LogP contribution in [0.3, 0.4) is 0 Å². The van der Waals surface area contributed by atoms with Gasteiger partial charge in [0.05, 0.1) is 18.0 Å². The molecule has 1 aromatic carbocycles.